The zero-order chi connectivity index (χ0) is 31.5. The molecule has 2 aromatic rings. The quantitative estimate of drug-likeness (QED) is 0.103. The van der Waals surface area contributed by atoms with Gasteiger partial charge in [-0.3, -0.25) is 4.79 Å². The number of sulfone groups is 1. The van der Waals surface area contributed by atoms with Crippen LogP contribution in [0.4, 0.5) is 4.79 Å². The van der Waals surface area contributed by atoms with Crippen LogP contribution >= 0.6 is 0 Å². The Balaban J connectivity index is 2.39. The van der Waals surface area contributed by atoms with Gasteiger partial charge in [-0.25, -0.2) is 21.6 Å². The largest absolute Gasteiger partial charge is 0.465 e. The van der Waals surface area contributed by atoms with Gasteiger partial charge in [-0.05, 0) is 42.0 Å². The Morgan fingerprint density at radius 3 is 2.12 bits per heavy atom. The number of amides is 2. The average molecular weight is 627 g/mol. The summed E-state index contributed by atoms with van der Waals surface area (Å²) in [7, 11) is -7.63. The van der Waals surface area contributed by atoms with E-state index >= 15 is 0 Å². The Morgan fingerprint density at radius 2 is 1.60 bits per heavy atom. The number of carbonyl (C=O) groups is 2. The lowest BCUT2D eigenvalue weighted by atomic mass is 10.00. The third-order valence-electron chi connectivity index (χ3n) is 6.17. The van der Waals surface area contributed by atoms with Crippen LogP contribution in [0.1, 0.15) is 31.4 Å². The van der Waals surface area contributed by atoms with Crippen molar-refractivity contribution >= 4 is 38.1 Å². The van der Waals surface area contributed by atoms with Crippen molar-refractivity contribution in [3.05, 3.63) is 65.7 Å². The van der Waals surface area contributed by atoms with Gasteiger partial charge in [0.2, 0.25) is 15.9 Å². The third kappa shape index (κ3) is 11.4. The first-order chi connectivity index (χ1) is 19.6. The fourth-order valence-corrected chi connectivity index (χ4v) is 6.43. The Bertz CT molecular complexity index is 1420. The summed E-state index contributed by atoms with van der Waals surface area (Å²) in [6, 6.07) is 11.9. The molecule has 2 aromatic carbocycles. The summed E-state index contributed by atoms with van der Waals surface area (Å²) in [5.41, 5.74) is 1.18. The fraction of sp³-hybridized carbons (Fsp3) is 0.444. The van der Waals surface area contributed by atoms with Crippen molar-refractivity contribution in [1.82, 2.24) is 14.9 Å². The molecule has 0 aliphatic rings. The molecule has 5 N–H and O–H groups in total. The molecule has 13 nitrogen and oxygen atoms in total. The number of nitrogens with zero attached hydrogens (tertiary/aromatic N) is 2. The summed E-state index contributed by atoms with van der Waals surface area (Å²) in [4.78, 5) is 24.4. The number of hydrogen-bond acceptors (Lipinski definition) is 9. The van der Waals surface area contributed by atoms with E-state index in [0.717, 1.165) is 16.8 Å². The summed E-state index contributed by atoms with van der Waals surface area (Å²) in [5, 5.41) is 36.8. The summed E-state index contributed by atoms with van der Waals surface area (Å²) in [6.07, 6.45) is -1.13. The second-order valence-electron chi connectivity index (χ2n) is 10.3. The molecular formula is C27H38N4O9S2. The minimum absolute atomic E-state index is 0.0444. The number of sulfonamides is 1. The second-order valence-corrected chi connectivity index (χ2v) is 14.5. The van der Waals surface area contributed by atoms with E-state index in [0.29, 0.717) is 11.1 Å². The number of benzene rings is 2. The Kier molecular flexibility index (Phi) is 12.9. The van der Waals surface area contributed by atoms with Crippen LogP contribution < -0.4 is 10.6 Å². The topological polar surface area (TPSA) is 203 Å². The molecule has 42 heavy (non-hydrogen) atoms. The van der Waals surface area contributed by atoms with Crippen molar-refractivity contribution in [1.29, 1.82) is 0 Å². The first-order valence-corrected chi connectivity index (χ1v) is 16.6. The zero-order valence-corrected chi connectivity index (χ0v) is 25.3. The van der Waals surface area contributed by atoms with Gasteiger partial charge in [-0.15, -0.1) is 0 Å². The van der Waals surface area contributed by atoms with Crippen molar-refractivity contribution in [3.8, 4) is 0 Å². The highest BCUT2D eigenvalue weighted by molar-refractivity contribution is 7.90. The lowest BCUT2D eigenvalue weighted by Gasteiger charge is -2.31. The van der Waals surface area contributed by atoms with Gasteiger partial charge in [-0.1, -0.05) is 61.5 Å². The number of carbonyl (C=O) groups excluding carboxylic acids is 1. The lowest BCUT2D eigenvalue weighted by Crippen LogP contribution is -2.55. The Hall–Kier alpha value is -3.53. The van der Waals surface area contributed by atoms with Crippen LogP contribution in [0.25, 0.3) is 0 Å². The molecule has 2 amide bonds. The van der Waals surface area contributed by atoms with Gasteiger partial charge >= 0.3 is 6.09 Å². The van der Waals surface area contributed by atoms with Crippen molar-refractivity contribution in [3.63, 3.8) is 0 Å². The van der Waals surface area contributed by atoms with Crippen LogP contribution in [0.3, 0.4) is 0 Å². The van der Waals surface area contributed by atoms with Crippen LogP contribution in [-0.4, -0.2) is 98.1 Å². The van der Waals surface area contributed by atoms with E-state index < -0.39 is 62.3 Å². The van der Waals surface area contributed by atoms with E-state index in [1.807, 2.05) is 19.2 Å². The number of aliphatic hydroxyl groups is 1. The van der Waals surface area contributed by atoms with Gasteiger partial charge in [0.1, 0.15) is 15.9 Å². The summed E-state index contributed by atoms with van der Waals surface area (Å²) >= 11 is 0. The molecule has 0 saturated heterocycles. The number of nitrogens with one attached hydrogen (secondary N) is 2. The van der Waals surface area contributed by atoms with E-state index in [-0.39, 0.29) is 30.2 Å². The molecule has 0 bridgehead atoms. The molecular weight excluding hydrogens is 588 g/mol. The number of rotatable bonds is 16. The minimum atomic E-state index is -4.12. The molecule has 0 aliphatic heterocycles. The van der Waals surface area contributed by atoms with Crippen molar-refractivity contribution < 1.29 is 41.8 Å². The first kappa shape index (κ1) is 34.7. The molecule has 2 rings (SSSR count). The predicted molar refractivity (Wildman–Crippen MR) is 157 cm³/mol. The van der Waals surface area contributed by atoms with E-state index in [1.165, 1.54) is 24.3 Å². The Morgan fingerprint density at radius 1 is 0.976 bits per heavy atom. The van der Waals surface area contributed by atoms with Crippen LogP contribution in [0.15, 0.2) is 64.6 Å². The third-order valence-corrected chi connectivity index (χ3v) is 8.99. The highest BCUT2D eigenvalue weighted by Crippen LogP contribution is 2.20. The van der Waals surface area contributed by atoms with E-state index in [9.17, 15) is 36.6 Å². The van der Waals surface area contributed by atoms with Crippen LogP contribution in [0.5, 0.6) is 0 Å². The molecule has 0 aliphatic carbocycles. The molecule has 15 heteroatoms. The molecule has 0 unspecified atom stereocenters. The average Bonchev–Trinajstić information content (AvgIpc) is 2.90. The fourth-order valence-electron chi connectivity index (χ4n) is 4.14. The molecule has 0 fully saturated rings. The SMILES string of the molecule is CC(C)CN(C[C@@H](O)[C@H](Cc1ccccc1)NC(=O)[C@H](CCS(C)(=O)=O)NC(=O)O)S(=O)(=O)c1ccc(/C=N/O)cc1. The summed E-state index contributed by atoms with van der Waals surface area (Å²) < 4.78 is 51.6. The van der Waals surface area contributed by atoms with E-state index in [2.05, 4.69) is 10.5 Å². The van der Waals surface area contributed by atoms with Gasteiger partial charge in [0.25, 0.3) is 0 Å². The molecule has 0 heterocycles. The van der Waals surface area contributed by atoms with Crippen LogP contribution in [0, 0.1) is 5.92 Å². The number of carboxylic acid groups (broad SMARTS) is 1. The monoisotopic (exact) mass is 626 g/mol. The first-order valence-electron chi connectivity index (χ1n) is 13.1. The highest BCUT2D eigenvalue weighted by Gasteiger charge is 2.33. The van der Waals surface area contributed by atoms with E-state index in [4.69, 9.17) is 5.21 Å². The number of oxime groups is 1. The zero-order valence-electron chi connectivity index (χ0n) is 23.6. The van der Waals surface area contributed by atoms with Gasteiger partial charge in [0, 0.05) is 19.3 Å². The van der Waals surface area contributed by atoms with Gasteiger partial charge in [-0.2, -0.15) is 4.31 Å². The summed E-state index contributed by atoms with van der Waals surface area (Å²) in [5.74, 6) is -1.45. The van der Waals surface area contributed by atoms with Crippen molar-refractivity contribution in [2.45, 2.75) is 49.8 Å². The van der Waals surface area contributed by atoms with E-state index in [1.54, 1.807) is 30.3 Å². The second kappa shape index (κ2) is 15.6. The minimum Gasteiger partial charge on any atom is -0.465 e. The molecule has 0 saturated carbocycles. The van der Waals surface area contributed by atoms with Crippen molar-refractivity contribution in [2.75, 3.05) is 25.1 Å². The van der Waals surface area contributed by atoms with Crippen LogP contribution in [-0.2, 0) is 31.1 Å². The van der Waals surface area contributed by atoms with Gasteiger partial charge < -0.3 is 26.1 Å². The maximum absolute atomic E-state index is 13.6. The molecule has 0 aromatic heterocycles. The standard InChI is InChI=1S/C27H38N4O9S2/c1-19(2)17-31(42(39,40)22-11-9-21(10-12-22)16-28-36)18-25(32)24(15-20-7-5-4-6-8-20)29-26(33)23(30-27(34)35)13-14-41(3,37)38/h4-12,16,19,23-25,30,32,36H,13-15,17-18H2,1-3H3,(H,29,33)(H,34,35)/b28-16+/t23-,24-,25+/m0/s1. The lowest BCUT2D eigenvalue weighted by molar-refractivity contribution is -0.124. The van der Waals surface area contributed by atoms with Crippen molar-refractivity contribution in [2.24, 2.45) is 11.1 Å². The molecule has 0 radical (unpaired) electrons. The molecule has 0 spiro atoms. The Labute approximate surface area is 246 Å². The van der Waals surface area contributed by atoms with Gasteiger partial charge in [0.15, 0.2) is 0 Å². The smallest absolute Gasteiger partial charge is 0.405 e. The molecule has 3 atom stereocenters. The predicted octanol–water partition coefficient (Wildman–Crippen LogP) is 1.30. The highest BCUT2D eigenvalue weighted by atomic mass is 32.2. The maximum Gasteiger partial charge on any atom is 0.405 e. The normalized spacial score (nSPS) is 14.5. The molecule has 232 valence electrons. The van der Waals surface area contributed by atoms with Gasteiger partial charge in [0.05, 0.1) is 29.0 Å². The van der Waals surface area contributed by atoms with Crippen LogP contribution in [0.2, 0.25) is 0 Å². The maximum atomic E-state index is 13.6. The number of hydrogen-bond donors (Lipinski definition) is 5. The number of aliphatic hydroxyl groups excluding tert-OH is 1. The summed E-state index contributed by atoms with van der Waals surface area (Å²) in [6.45, 7) is 3.26.